The molecule has 1 aliphatic carbocycles. The van der Waals surface area contributed by atoms with Crippen LogP contribution >= 0.6 is 11.6 Å². The second-order valence-electron chi connectivity index (χ2n) is 7.85. The van der Waals surface area contributed by atoms with Crippen molar-refractivity contribution in [1.29, 1.82) is 0 Å². The third-order valence-corrected chi connectivity index (χ3v) is 5.95. The van der Waals surface area contributed by atoms with E-state index >= 15 is 0 Å². The minimum absolute atomic E-state index is 0.116. The van der Waals surface area contributed by atoms with Crippen molar-refractivity contribution in [3.8, 4) is 11.6 Å². The summed E-state index contributed by atoms with van der Waals surface area (Å²) in [6.07, 6.45) is 4.58. The van der Waals surface area contributed by atoms with Gasteiger partial charge in [0, 0.05) is 6.04 Å². The summed E-state index contributed by atoms with van der Waals surface area (Å²) in [6.45, 7) is 3.86. The van der Waals surface area contributed by atoms with Crippen LogP contribution in [0.15, 0.2) is 33.8 Å². The van der Waals surface area contributed by atoms with Crippen molar-refractivity contribution in [2.24, 2.45) is 0 Å². The fourth-order valence-electron chi connectivity index (χ4n) is 4.23. The van der Waals surface area contributed by atoms with Crippen LogP contribution in [0.1, 0.15) is 51.4 Å². The van der Waals surface area contributed by atoms with Gasteiger partial charge in [-0.1, -0.05) is 22.8 Å². The number of halogens is 1. The maximum Gasteiger partial charge on any atom is 0.279 e. The van der Waals surface area contributed by atoms with E-state index in [1.54, 1.807) is 21.4 Å². The second kappa shape index (κ2) is 6.40. The van der Waals surface area contributed by atoms with Gasteiger partial charge in [0.1, 0.15) is 17.4 Å². The third-order valence-electron chi connectivity index (χ3n) is 5.65. The first-order valence-corrected chi connectivity index (χ1v) is 10.1. The Bertz CT molecular complexity index is 1300. The zero-order valence-corrected chi connectivity index (χ0v) is 16.8. The van der Waals surface area contributed by atoms with E-state index in [4.69, 9.17) is 16.1 Å². The van der Waals surface area contributed by atoms with Crippen molar-refractivity contribution in [1.82, 2.24) is 24.1 Å². The lowest BCUT2D eigenvalue weighted by atomic mass is 10.0. The number of para-hydroxylation sites is 1. The molecule has 1 N–H and O–H groups in total. The van der Waals surface area contributed by atoms with Crippen molar-refractivity contribution in [2.75, 3.05) is 0 Å². The van der Waals surface area contributed by atoms with E-state index in [2.05, 4.69) is 15.1 Å². The molecule has 9 heteroatoms. The summed E-state index contributed by atoms with van der Waals surface area (Å²) in [5.41, 5.74) is 0.724. The number of hydrogen-bond donors (Lipinski definition) is 1. The number of benzene rings is 1. The maximum absolute atomic E-state index is 13.4. The summed E-state index contributed by atoms with van der Waals surface area (Å²) in [5.74, 6) is 0.371. The Morgan fingerprint density at radius 1 is 1.24 bits per heavy atom. The van der Waals surface area contributed by atoms with E-state index in [-0.39, 0.29) is 23.3 Å². The lowest BCUT2D eigenvalue weighted by molar-refractivity contribution is 0.0328. The predicted molar refractivity (Wildman–Crippen MR) is 108 cm³/mol. The largest absolute Gasteiger partial charge is 0.382 e. The Morgan fingerprint density at radius 2 is 2.00 bits per heavy atom. The molecule has 29 heavy (non-hydrogen) atoms. The van der Waals surface area contributed by atoms with Crippen LogP contribution in [0.2, 0.25) is 5.02 Å². The fourth-order valence-corrected chi connectivity index (χ4v) is 4.49. The molecule has 3 heterocycles. The summed E-state index contributed by atoms with van der Waals surface area (Å²) in [6, 6.07) is 5.37. The third kappa shape index (κ3) is 2.63. The van der Waals surface area contributed by atoms with Crippen molar-refractivity contribution >= 4 is 28.2 Å². The molecule has 8 nitrogen and oxygen atoms in total. The van der Waals surface area contributed by atoms with Crippen LogP contribution in [-0.4, -0.2) is 29.2 Å². The van der Waals surface area contributed by atoms with Gasteiger partial charge in [-0.25, -0.2) is 4.98 Å². The predicted octanol–water partition coefficient (Wildman–Crippen LogP) is 3.70. The number of aromatic nitrogens is 5. The van der Waals surface area contributed by atoms with E-state index in [0.29, 0.717) is 34.6 Å². The second-order valence-corrected chi connectivity index (χ2v) is 8.26. The van der Waals surface area contributed by atoms with Crippen LogP contribution in [0.5, 0.6) is 0 Å². The van der Waals surface area contributed by atoms with Gasteiger partial charge in [0.2, 0.25) is 5.82 Å². The van der Waals surface area contributed by atoms with Crippen molar-refractivity contribution in [3.63, 3.8) is 0 Å². The van der Waals surface area contributed by atoms with E-state index < -0.39 is 5.60 Å². The van der Waals surface area contributed by atoms with Crippen LogP contribution in [-0.2, 0) is 5.60 Å². The quantitative estimate of drug-likeness (QED) is 0.550. The van der Waals surface area contributed by atoms with Crippen LogP contribution in [0.4, 0.5) is 0 Å². The van der Waals surface area contributed by atoms with E-state index in [9.17, 15) is 9.90 Å². The average molecular weight is 414 g/mol. The smallest absolute Gasteiger partial charge is 0.279 e. The standard InChI is InChI=1S/C20H20ClN5O3/c1-11(2)26-15-12(21)6-5-7-13(15)25-10-22-14(16(25)18(26)27)17-23-19(24-29-17)20(28)8-3-4-9-20/h5-7,10-11,28H,3-4,8-9H2,1-2H3. The van der Waals surface area contributed by atoms with Crippen LogP contribution in [0, 0.1) is 0 Å². The lowest BCUT2D eigenvalue weighted by Gasteiger charge is -2.16. The number of fused-ring (bicyclic) bond motifs is 3. The van der Waals surface area contributed by atoms with Gasteiger partial charge in [0.05, 0.1) is 16.1 Å². The highest BCUT2D eigenvalue weighted by Crippen LogP contribution is 2.38. The monoisotopic (exact) mass is 413 g/mol. The number of hydrogen-bond acceptors (Lipinski definition) is 6. The molecule has 0 unspecified atom stereocenters. The normalized spacial score (nSPS) is 16.4. The highest BCUT2D eigenvalue weighted by atomic mass is 35.5. The van der Waals surface area contributed by atoms with Crippen molar-refractivity contribution in [3.05, 3.63) is 45.7 Å². The van der Waals surface area contributed by atoms with Gasteiger partial charge in [0.15, 0.2) is 5.69 Å². The molecule has 0 spiro atoms. The van der Waals surface area contributed by atoms with Gasteiger partial charge in [-0.2, -0.15) is 4.98 Å². The van der Waals surface area contributed by atoms with Gasteiger partial charge in [0.25, 0.3) is 11.4 Å². The molecule has 0 radical (unpaired) electrons. The molecule has 0 saturated heterocycles. The Kier molecular flexibility index (Phi) is 4.04. The van der Waals surface area contributed by atoms with E-state index in [0.717, 1.165) is 18.4 Å². The fraction of sp³-hybridized carbons (Fsp3) is 0.400. The van der Waals surface area contributed by atoms with E-state index in [1.165, 1.54) is 0 Å². The summed E-state index contributed by atoms with van der Waals surface area (Å²) < 4.78 is 8.77. The number of aliphatic hydroxyl groups is 1. The minimum atomic E-state index is -1.07. The molecule has 5 rings (SSSR count). The van der Waals surface area contributed by atoms with Crippen molar-refractivity contribution < 1.29 is 9.63 Å². The maximum atomic E-state index is 13.4. The van der Waals surface area contributed by atoms with Crippen LogP contribution in [0.25, 0.3) is 28.1 Å². The molecule has 4 aromatic rings. The molecule has 0 aliphatic heterocycles. The summed E-state index contributed by atoms with van der Waals surface area (Å²) in [7, 11) is 0. The van der Waals surface area contributed by atoms with Crippen LogP contribution < -0.4 is 5.56 Å². The Morgan fingerprint density at radius 3 is 2.72 bits per heavy atom. The highest BCUT2D eigenvalue weighted by molar-refractivity contribution is 6.35. The van der Waals surface area contributed by atoms with E-state index in [1.807, 2.05) is 26.0 Å². The SMILES string of the molecule is CC(C)n1c(=O)c2c(-c3nc(C4(O)CCCC4)no3)ncn2c2cccc(Cl)c21. The molecule has 150 valence electrons. The molecule has 1 aliphatic rings. The van der Waals surface area contributed by atoms with Gasteiger partial charge >= 0.3 is 0 Å². The van der Waals surface area contributed by atoms with Gasteiger partial charge in [-0.15, -0.1) is 0 Å². The van der Waals surface area contributed by atoms with Gasteiger partial charge in [-0.05, 0) is 51.7 Å². The highest BCUT2D eigenvalue weighted by Gasteiger charge is 2.38. The summed E-state index contributed by atoms with van der Waals surface area (Å²) in [5, 5.41) is 15.2. The molecule has 0 atom stereocenters. The molecular formula is C20H20ClN5O3. The topological polar surface area (TPSA) is 98.5 Å². The Balaban J connectivity index is 1.78. The molecule has 1 aromatic carbocycles. The molecule has 3 aromatic heterocycles. The first-order chi connectivity index (χ1) is 13.9. The first-order valence-electron chi connectivity index (χ1n) is 9.67. The molecule has 1 fully saturated rings. The van der Waals surface area contributed by atoms with Crippen molar-refractivity contribution in [2.45, 2.75) is 51.2 Å². The number of nitrogens with zero attached hydrogens (tertiary/aromatic N) is 5. The Hall–Kier alpha value is -2.71. The first kappa shape index (κ1) is 18.3. The summed E-state index contributed by atoms with van der Waals surface area (Å²) >= 11 is 6.43. The minimum Gasteiger partial charge on any atom is -0.382 e. The molecule has 0 amide bonds. The van der Waals surface area contributed by atoms with Gasteiger partial charge < -0.3 is 14.2 Å². The number of rotatable bonds is 3. The molecular weight excluding hydrogens is 394 g/mol. The summed E-state index contributed by atoms with van der Waals surface area (Å²) in [4.78, 5) is 22.2. The Labute approximate surface area is 170 Å². The molecule has 1 saturated carbocycles. The molecule has 0 bridgehead atoms. The zero-order chi connectivity index (χ0) is 20.3. The zero-order valence-electron chi connectivity index (χ0n) is 16.1. The lowest BCUT2D eigenvalue weighted by Crippen LogP contribution is -2.25. The van der Waals surface area contributed by atoms with Crippen LogP contribution in [0.3, 0.4) is 0 Å². The van der Waals surface area contributed by atoms with Gasteiger partial charge in [-0.3, -0.25) is 9.20 Å². The average Bonchev–Trinajstić information content (AvgIpc) is 3.41. The number of imidazole rings is 1.